The van der Waals surface area contributed by atoms with Crippen molar-refractivity contribution in [2.24, 2.45) is 11.3 Å². The zero-order valence-electron chi connectivity index (χ0n) is 17.6. The molecular formula is C24H23ClIN3O3. The van der Waals surface area contributed by atoms with Gasteiger partial charge in [-0.2, -0.15) is 5.10 Å². The standard InChI is InChI=1S/C24H23ClIN3O3/c1-32-23(31)15-8-24(9-15)10-17(11-24)28-22(30)18-6-7-20(25)19-12-27-29(21(18)19)13-14-2-4-16(26)5-3-14/h2-7,12,15,17H,8-11,13H2,1H3,(H,28,30). The number of ether oxygens (including phenoxy) is 1. The molecule has 0 unspecified atom stereocenters. The van der Waals surface area contributed by atoms with E-state index >= 15 is 0 Å². The van der Waals surface area contributed by atoms with Gasteiger partial charge in [-0.15, -0.1) is 0 Å². The molecule has 0 atom stereocenters. The second kappa shape index (κ2) is 8.33. The lowest BCUT2D eigenvalue weighted by Gasteiger charge is -2.56. The first-order valence-corrected chi connectivity index (χ1v) is 12.1. The van der Waals surface area contributed by atoms with E-state index in [2.05, 4.69) is 57.3 Å². The molecule has 0 radical (unpaired) electrons. The van der Waals surface area contributed by atoms with Crippen molar-refractivity contribution in [2.45, 2.75) is 38.3 Å². The van der Waals surface area contributed by atoms with Gasteiger partial charge in [-0.25, -0.2) is 0 Å². The summed E-state index contributed by atoms with van der Waals surface area (Å²) in [4.78, 5) is 24.8. The largest absolute Gasteiger partial charge is 0.469 e. The van der Waals surface area contributed by atoms with Gasteiger partial charge in [0, 0.05) is 15.0 Å². The lowest BCUT2D eigenvalue weighted by molar-refractivity contribution is -0.159. The molecule has 2 fully saturated rings. The Morgan fingerprint density at radius 3 is 2.59 bits per heavy atom. The fourth-order valence-electron chi connectivity index (χ4n) is 5.24. The lowest BCUT2D eigenvalue weighted by atomic mass is 9.50. The number of carbonyl (C=O) groups excluding carboxylic acids is 2. The van der Waals surface area contributed by atoms with Crippen LogP contribution in [0.4, 0.5) is 0 Å². The normalized spacial score (nSPS) is 24.1. The van der Waals surface area contributed by atoms with E-state index in [4.69, 9.17) is 16.3 Å². The molecule has 5 rings (SSSR count). The Kier molecular flexibility index (Phi) is 5.65. The molecule has 3 aromatic rings. The van der Waals surface area contributed by atoms with Gasteiger partial charge >= 0.3 is 5.97 Å². The molecule has 1 spiro atoms. The van der Waals surface area contributed by atoms with E-state index < -0.39 is 0 Å². The zero-order valence-corrected chi connectivity index (χ0v) is 20.5. The van der Waals surface area contributed by atoms with E-state index in [-0.39, 0.29) is 29.3 Å². The number of hydrogen-bond acceptors (Lipinski definition) is 4. The quantitative estimate of drug-likeness (QED) is 0.357. The Bertz CT molecular complexity index is 1190. The smallest absolute Gasteiger partial charge is 0.308 e. The number of nitrogens with zero attached hydrogens (tertiary/aromatic N) is 2. The molecule has 1 heterocycles. The van der Waals surface area contributed by atoms with Crippen molar-refractivity contribution in [3.63, 3.8) is 0 Å². The average Bonchev–Trinajstić information content (AvgIpc) is 3.14. The predicted molar refractivity (Wildman–Crippen MR) is 131 cm³/mol. The topological polar surface area (TPSA) is 73.2 Å². The zero-order chi connectivity index (χ0) is 22.5. The van der Waals surface area contributed by atoms with Gasteiger partial charge in [0.1, 0.15) is 0 Å². The highest BCUT2D eigenvalue weighted by Gasteiger charge is 2.55. The summed E-state index contributed by atoms with van der Waals surface area (Å²) in [6, 6.07) is 11.9. The number of methoxy groups -OCH3 is 1. The lowest BCUT2D eigenvalue weighted by Crippen LogP contribution is -2.57. The van der Waals surface area contributed by atoms with Crippen LogP contribution >= 0.6 is 34.2 Å². The average molecular weight is 564 g/mol. The van der Waals surface area contributed by atoms with Gasteiger partial charge in [-0.05, 0) is 83.5 Å². The molecule has 166 valence electrons. The fraction of sp³-hybridized carbons (Fsp3) is 0.375. The molecule has 1 aromatic heterocycles. The maximum absolute atomic E-state index is 13.2. The van der Waals surface area contributed by atoms with Crippen LogP contribution in [0, 0.1) is 14.9 Å². The molecule has 2 saturated carbocycles. The highest BCUT2D eigenvalue weighted by Crippen LogP contribution is 2.59. The Morgan fingerprint density at radius 1 is 1.19 bits per heavy atom. The van der Waals surface area contributed by atoms with Crippen LogP contribution in [0.3, 0.4) is 0 Å². The number of carbonyl (C=O) groups is 2. The molecule has 2 aliphatic rings. The molecule has 1 N–H and O–H groups in total. The minimum atomic E-state index is -0.118. The Morgan fingerprint density at radius 2 is 1.91 bits per heavy atom. The van der Waals surface area contributed by atoms with E-state index in [0.29, 0.717) is 17.1 Å². The summed E-state index contributed by atoms with van der Waals surface area (Å²) in [5.74, 6) is -0.212. The molecule has 2 aromatic carbocycles. The van der Waals surface area contributed by atoms with Gasteiger partial charge < -0.3 is 10.1 Å². The third kappa shape index (κ3) is 3.90. The first kappa shape index (κ1) is 21.7. The minimum Gasteiger partial charge on any atom is -0.469 e. The van der Waals surface area contributed by atoms with Crippen molar-refractivity contribution in [3.05, 3.63) is 62.3 Å². The van der Waals surface area contributed by atoms with Crippen LogP contribution in [0.15, 0.2) is 42.6 Å². The fourth-order valence-corrected chi connectivity index (χ4v) is 5.80. The van der Waals surface area contributed by atoms with Crippen LogP contribution in [0.1, 0.15) is 41.6 Å². The summed E-state index contributed by atoms with van der Waals surface area (Å²) in [5.41, 5.74) is 2.62. The number of amides is 1. The monoisotopic (exact) mass is 563 g/mol. The van der Waals surface area contributed by atoms with Gasteiger partial charge in [-0.1, -0.05) is 23.7 Å². The number of halogens is 2. The van der Waals surface area contributed by atoms with E-state index in [9.17, 15) is 9.59 Å². The summed E-state index contributed by atoms with van der Waals surface area (Å²) < 4.78 is 7.85. The number of fused-ring (bicyclic) bond motifs is 1. The van der Waals surface area contributed by atoms with Crippen molar-refractivity contribution in [2.75, 3.05) is 7.11 Å². The summed E-state index contributed by atoms with van der Waals surface area (Å²) in [7, 11) is 1.44. The van der Waals surface area contributed by atoms with Gasteiger partial charge in [0.25, 0.3) is 5.91 Å². The summed E-state index contributed by atoms with van der Waals surface area (Å²) in [6.45, 7) is 0.558. The predicted octanol–water partition coefficient (Wildman–Crippen LogP) is 4.80. The van der Waals surface area contributed by atoms with Gasteiger partial charge in [0.15, 0.2) is 0 Å². The van der Waals surface area contributed by atoms with Crippen LogP contribution < -0.4 is 5.32 Å². The van der Waals surface area contributed by atoms with Crippen molar-refractivity contribution in [3.8, 4) is 0 Å². The maximum atomic E-state index is 13.2. The molecule has 0 saturated heterocycles. The molecule has 0 aliphatic heterocycles. The van der Waals surface area contributed by atoms with Crippen LogP contribution in [-0.4, -0.2) is 34.8 Å². The van der Waals surface area contributed by atoms with Crippen molar-refractivity contribution < 1.29 is 14.3 Å². The first-order chi connectivity index (χ1) is 15.4. The molecular weight excluding hydrogens is 541 g/mol. The summed E-state index contributed by atoms with van der Waals surface area (Å²) >= 11 is 8.68. The van der Waals surface area contributed by atoms with Crippen LogP contribution in [-0.2, 0) is 16.1 Å². The Labute approximate surface area is 204 Å². The van der Waals surface area contributed by atoms with E-state index in [1.165, 1.54) is 10.7 Å². The second-order valence-electron chi connectivity index (χ2n) is 8.99. The molecule has 6 nitrogen and oxygen atoms in total. The molecule has 0 bridgehead atoms. The Balaban J connectivity index is 1.31. The number of hydrogen-bond donors (Lipinski definition) is 1. The first-order valence-electron chi connectivity index (χ1n) is 10.6. The summed E-state index contributed by atoms with van der Waals surface area (Å²) in [5, 5.41) is 9.04. The molecule has 1 amide bonds. The van der Waals surface area contributed by atoms with E-state index in [1.54, 1.807) is 18.3 Å². The number of nitrogens with one attached hydrogen (secondary N) is 1. The number of aromatic nitrogens is 2. The van der Waals surface area contributed by atoms with Gasteiger partial charge in [-0.3, -0.25) is 14.3 Å². The van der Waals surface area contributed by atoms with Gasteiger partial charge in [0.05, 0.1) is 41.9 Å². The summed E-state index contributed by atoms with van der Waals surface area (Å²) in [6.07, 6.45) is 5.26. The van der Waals surface area contributed by atoms with Crippen molar-refractivity contribution in [1.29, 1.82) is 0 Å². The third-order valence-corrected chi connectivity index (χ3v) is 7.87. The van der Waals surface area contributed by atoms with Crippen LogP contribution in [0.25, 0.3) is 10.9 Å². The third-order valence-electron chi connectivity index (χ3n) is 6.83. The number of benzene rings is 2. The number of rotatable bonds is 5. The van der Waals surface area contributed by atoms with Crippen molar-refractivity contribution >= 4 is 57.0 Å². The minimum absolute atomic E-state index is 0.0168. The maximum Gasteiger partial charge on any atom is 0.308 e. The van der Waals surface area contributed by atoms with Crippen LogP contribution in [0.2, 0.25) is 5.02 Å². The molecule has 32 heavy (non-hydrogen) atoms. The molecule has 2 aliphatic carbocycles. The van der Waals surface area contributed by atoms with Crippen molar-refractivity contribution in [1.82, 2.24) is 15.1 Å². The molecule has 8 heteroatoms. The van der Waals surface area contributed by atoms with Gasteiger partial charge in [0.2, 0.25) is 0 Å². The highest BCUT2D eigenvalue weighted by molar-refractivity contribution is 14.1. The Hall–Kier alpha value is -2.13. The van der Waals surface area contributed by atoms with E-state index in [1.807, 2.05) is 4.68 Å². The SMILES string of the molecule is COC(=O)C1CC2(CC(NC(=O)c3ccc(Cl)c4cnn(Cc5ccc(I)cc5)c34)C2)C1. The second-order valence-corrected chi connectivity index (χ2v) is 10.6. The number of esters is 1. The van der Waals surface area contributed by atoms with E-state index in [0.717, 1.165) is 42.1 Å². The highest BCUT2D eigenvalue weighted by atomic mass is 127. The van der Waals surface area contributed by atoms with Crippen LogP contribution in [0.5, 0.6) is 0 Å².